The molecule has 1 aliphatic rings. The number of hydrogen-bond acceptors (Lipinski definition) is 3. The zero-order valence-corrected chi connectivity index (χ0v) is 13.3. The number of aliphatic imine (C=N–C) groups is 1. The largest absolute Gasteiger partial charge is 0.379 e. The monoisotopic (exact) mass is 280 g/mol. The van der Waals surface area contributed by atoms with Crippen molar-refractivity contribution in [2.24, 2.45) is 4.99 Å². The number of unbranched alkanes of at least 4 members (excludes halogenated alkanes) is 6. The van der Waals surface area contributed by atoms with E-state index in [1.807, 2.05) is 18.0 Å². The Morgan fingerprint density at radius 1 is 1.20 bits per heavy atom. The lowest BCUT2D eigenvalue weighted by Gasteiger charge is -2.25. The minimum absolute atomic E-state index is 0.175. The van der Waals surface area contributed by atoms with Gasteiger partial charge in [0.05, 0.1) is 0 Å². The van der Waals surface area contributed by atoms with Crippen molar-refractivity contribution in [2.75, 3.05) is 6.54 Å². The van der Waals surface area contributed by atoms with Crippen LogP contribution in [0.4, 0.5) is 0 Å². The fourth-order valence-corrected chi connectivity index (χ4v) is 2.64. The van der Waals surface area contributed by atoms with Crippen LogP contribution in [0.5, 0.6) is 0 Å². The van der Waals surface area contributed by atoms with Crippen molar-refractivity contribution >= 4 is 6.21 Å². The molecule has 0 aromatic heterocycles. The Labute approximate surface area is 124 Å². The second-order valence-corrected chi connectivity index (χ2v) is 5.75. The second kappa shape index (κ2) is 11.0. The molecule has 0 fully saturated rings. The molecule has 0 spiro atoms. The van der Waals surface area contributed by atoms with E-state index in [9.17, 15) is 5.11 Å². The maximum Gasteiger partial charge on any atom is 0.106 e. The van der Waals surface area contributed by atoms with Gasteiger partial charge in [0.25, 0.3) is 0 Å². The van der Waals surface area contributed by atoms with Crippen molar-refractivity contribution in [2.45, 2.75) is 84.0 Å². The highest BCUT2D eigenvalue weighted by molar-refractivity contribution is 5.62. The van der Waals surface area contributed by atoms with E-state index >= 15 is 0 Å². The molecule has 1 rings (SSSR count). The van der Waals surface area contributed by atoms with E-state index in [1.165, 1.54) is 44.9 Å². The van der Waals surface area contributed by atoms with Gasteiger partial charge in [-0.2, -0.15) is 0 Å². The Balaban J connectivity index is 1.98. The number of allylic oxidation sites excluding steroid dienone is 2. The molecule has 0 radical (unpaired) electrons. The van der Waals surface area contributed by atoms with Gasteiger partial charge < -0.3 is 5.11 Å². The first-order valence-electron chi connectivity index (χ1n) is 8.36. The van der Waals surface area contributed by atoms with Crippen LogP contribution in [-0.2, 0) is 0 Å². The fourth-order valence-electron chi connectivity index (χ4n) is 2.64. The third-order valence-corrected chi connectivity index (χ3v) is 3.92. The van der Waals surface area contributed by atoms with Crippen LogP contribution < -0.4 is 0 Å². The quantitative estimate of drug-likeness (QED) is 0.456. The predicted octanol–water partition coefficient (Wildman–Crippen LogP) is 4.12. The molecule has 0 saturated heterocycles. The van der Waals surface area contributed by atoms with Crippen LogP contribution in [0.25, 0.3) is 0 Å². The molecule has 1 aliphatic heterocycles. The summed E-state index contributed by atoms with van der Waals surface area (Å²) in [7, 11) is 0. The molecule has 0 aliphatic carbocycles. The van der Waals surface area contributed by atoms with E-state index in [0.717, 1.165) is 19.4 Å². The van der Waals surface area contributed by atoms with Crippen LogP contribution >= 0.6 is 0 Å². The minimum Gasteiger partial charge on any atom is -0.379 e. The molecule has 3 nitrogen and oxygen atoms in total. The van der Waals surface area contributed by atoms with Gasteiger partial charge in [-0.15, -0.1) is 0 Å². The molecule has 0 aromatic rings. The first kappa shape index (κ1) is 17.4. The Morgan fingerprint density at radius 3 is 2.65 bits per heavy atom. The molecule has 1 N–H and O–H groups in total. The highest BCUT2D eigenvalue weighted by atomic mass is 16.3. The lowest BCUT2D eigenvalue weighted by Crippen LogP contribution is -2.37. The fraction of sp³-hybridized carbons (Fsp3) is 0.824. The number of rotatable bonds is 11. The minimum atomic E-state index is -0.394. The van der Waals surface area contributed by atoms with Crippen LogP contribution in [0, 0.1) is 0 Å². The van der Waals surface area contributed by atoms with Gasteiger partial charge in [0.1, 0.15) is 12.4 Å². The van der Waals surface area contributed by atoms with Crippen molar-refractivity contribution < 1.29 is 5.11 Å². The highest BCUT2D eigenvalue weighted by Crippen LogP contribution is 2.15. The zero-order chi connectivity index (χ0) is 14.6. The summed E-state index contributed by atoms with van der Waals surface area (Å²) in [5, 5.41) is 9.61. The average molecular weight is 280 g/mol. The van der Waals surface area contributed by atoms with E-state index in [4.69, 9.17) is 0 Å². The van der Waals surface area contributed by atoms with Crippen molar-refractivity contribution in [3.8, 4) is 0 Å². The van der Waals surface area contributed by atoms with Gasteiger partial charge in [-0.1, -0.05) is 51.2 Å². The average Bonchev–Trinajstić information content (AvgIpc) is 2.89. The summed E-state index contributed by atoms with van der Waals surface area (Å²) in [6.45, 7) is 4.86. The standard InChI is InChI=1S/C17H32N2O/c1-3-4-5-6-7-8-9-10-11-12-13-17-18-14-15-19(17)16(2)20/h10-11,14,16-17,20H,3-9,12-13,15H2,1-2H3/b11-10+. The van der Waals surface area contributed by atoms with Crippen LogP contribution in [0.15, 0.2) is 17.1 Å². The van der Waals surface area contributed by atoms with Gasteiger partial charge in [-0.05, 0) is 32.6 Å². The van der Waals surface area contributed by atoms with E-state index in [2.05, 4.69) is 24.1 Å². The number of aliphatic hydroxyl groups is 1. The van der Waals surface area contributed by atoms with E-state index < -0.39 is 6.23 Å². The Kier molecular flexibility index (Phi) is 9.60. The first-order chi connectivity index (χ1) is 9.75. The number of hydrogen-bond donors (Lipinski definition) is 1. The summed E-state index contributed by atoms with van der Waals surface area (Å²) in [6, 6.07) is 0. The third-order valence-electron chi connectivity index (χ3n) is 3.92. The van der Waals surface area contributed by atoms with Gasteiger partial charge in [-0.25, -0.2) is 0 Å². The molecular weight excluding hydrogens is 248 g/mol. The van der Waals surface area contributed by atoms with E-state index in [1.54, 1.807) is 0 Å². The van der Waals surface area contributed by atoms with Crippen LogP contribution in [0.1, 0.15) is 71.6 Å². The molecule has 2 atom stereocenters. The maximum absolute atomic E-state index is 9.61. The number of nitrogens with zero attached hydrogens (tertiary/aromatic N) is 2. The molecule has 116 valence electrons. The second-order valence-electron chi connectivity index (χ2n) is 5.75. The highest BCUT2D eigenvalue weighted by Gasteiger charge is 2.23. The molecule has 0 saturated carbocycles. The van der Waals surface area contributed by atoms with Crippen LogP contribution in [-0.4, -0.2) is 35.2 Å². The Morgan fingerprint density at radius 2 is 1.90 bits per heavy atom. The predicted molar refractivity (Wildman–Crippen MR) is 87.0 cm³/mol. The molecule has 0 amide bonds. The van der Waals surface area contributed by atoms with E-state index in [0.29, 0.717) is 0 Å². The summed E-state index contributed by atoms with van der Waals surface area (Å²) < 4.78 is 0. The molecule has 0 aromatic carbocycles. The summed E-state index contributed by atoms with van der Waals surface area (Å²) in [5.74, 6) is 0. The van der Waals surface area contributed by atoms with Crippen LogP contribution in [0.3, 0.4) is 0 Å². The van der Waals surface area contributed by atoms with Gasteiger partial charge in [0.15, 0.2) is 0 Å². The molecule has 1 heterocycles. The molecule has 3 heteroatoms. The summed E-state index contributed by atoms with van der Waals surface area (Å²) >= 11 is 0. The van der Waals surface area contributed by atoms with Crippen molar-refractivity contribution in [1.82, 2.24) is 4.90 Å². The first-order valence-corrected chi connectivity index (χ1v) is 8.36. The van der Waals surface area contributed by atoms with Gasteiger partial charge in [0, 0.05) is 12.8 Å². The summed E-state index contributed by atoms with van der Waals surface area (Å²) in [6.07, 6.45) is 17.7. The lowest BCUT2D eigenvalue weighted by molar-refractivity contribution is 0.00797. The van der Waals surface area contributed by atoms with E-state index in [-0.39, 0.29) is 6.17 Å². The van der Waals surface area contributed by atoms with Crippen molar-refractivity contribution in [3.05, 3.63) is 12.2 Å². The molecule has 2 unspecified atom stereocenters. The normalized spacial score (nSPS) is 21.1. The Hall–Kier alpha value is -0.670. The number of aliphatic hydroxyl groups excluding tert-OH is 1. The van der Waals surface area contributed by atoms with Crippen LogP contribution in [0.2, 0.25) is 0 Å². The molecule has 20 heavy (non-hydrogen) atoms. The van der Waals surface area contributed by atoms with Gasteiger partial charge >= 0.3 is 0 Å². The zero-order valence-electron chi connectivity index (χ0n) is 13.3. The lowest BCUT2D eigenvalue weighted by atomic mass is 10.1. The van der Waals surface area contributed by atoms with Gasteiger partial charge in [0.2, 0.25) is 0 Å². The van der Waals surface area contributed by atoms with Crippen molar-refractivity contribution in [1.29, 1.82) is 0 Å². The smallest absolute Gasteiger partial charge is 0.106 e. The molecular formula is C17H32N2O. The molecule has 0 bridgehead atoms. The maximum atomic E-state index is 9.61. The third kappa shape index (κ3) is 7.20. The Bertz CT molecular complexity index is 287. The van der Waals surface area contributed by atoms with Crippen molar-refractivity contribution in [3.63, 3.8) is 0 Å². The SMILES string of the molecule is CCCCCCCC/C=C/CCC1N=CCN1C(C)O. The van der Waals surface area contributed by atoms with Gasteiger partial charge in [-0.3, -0.25) is 9.89 Å². The summed E-state index contributed by atoms with van der Waals surface area (Å²) in [5.41, 5.74) is 0. The topological polar surface area (TPSA) is 35.8 Å². The summed E-state index contributed by atoms with van der Waals surface area (Å²) in [4.78, 5) is 6.45.